The minimum atomic E-state index is -0.733. The molecule has 230 valence electrons. The second kappa shape index (κ2) is 14.6. The average molecular weight is 614 g/mol. The number of rotatable bonds is 12. The van der Waals surface area contributed by atoms with Crippen molar-refractivity contribution in [3.05, 3.63) is 101 Å². The summed E-state index contributed by atoms with van der Waals surface area (Å²) in [6.45, 7) is 4.61. The molecule has 0 fully saturated rings. The van der Waals surface area contributed by atoms with Crippen LogP contribution in [0.2, 0.25) is 0 Å². The van der Waals surface area contributed by atoms with Crippen LogP contribution in [-0.4, -0.2) is 49.8 Å². The third-order valence-electron chi connectivity index (χ3n) is 8.19. The lowest BCUT2D eigenvalue weighted by Crippen LogP contribution is -2.38. The van der Waals surface area contributed by atoms with Crippen LogP contribution in [0.25, 0.3) is 0 Å². The highest BCUT2D eigenvalue weighted by atomic mass is 32.2. The largest absolute Gasteiger partial charge is 0.493 e. The number of ketones is 1. The summed E-state index contributed by atoms with van der Waals surface area (Å²) in [6, 6.07) is 23.4. The molecule has 0 spiro atoms. The van der Waals surface area contributed by atoms with Crippen molar-refractivity contribution in [1.82, 2.24) is 0 Å². The molecule has 1 aliphatic heterocycles. The van der Waals surface area contributed by atoms with Crippen LogP contribution in [0.1, 0.15) is 55.2 Å². The number of ether oxygens (including phenoxy) is 4. The Morgan fingerprint density at radius 2 is 1.68 bits per heavy atom. The standard InChI is InChI=1S/C36H39NO6S/c1-5-44-18-17-42-36(39)33-23(2)37-28-19-26(25-15-16-31(40-3)32(21-25)41-4)20-29(38)35(28)34(33)27-13-9-10-14-30(27)43-22-24-11-7-6-8-12-24/h6-16,21,26,33-34H,5,17-20,22H2,1-4H3/t26-,33?,34+/m1/s1. The van der Waals surface area contributed by atoms with Gasteiger partial charge in [-0.05, 0) is 54.3 Å². The van der Waals surface area contributed by atoms with Crippen molar-refractivity contribution in [2.45, 2.75) is 45.1 Å². The smallest absolute Gasteiger partial charge is 0.315 e. The van der Waals surface area contributed by atoms with Crippen molar-refractivity contribution in [3.63, 3.8) is 0 Å². The normalized spacial score (nSPS) is 19.6. The topological polar surface area (TPSA) is 83.4 Å². The average Bonchev–Trinajstić information content (AvgIpc) is 3.05. The second-order valence-electron chi connectivity index (χ2n) is 10.9. The van der Waals surface area contributed by atoms with Crippen LogP contribution in [0.15, 0.2) is 89.1 Å². The van der Waals surface area contributed by atoms with Gasteiger partial charge in [-0.25, -0.2) is 0 Å². The molecule has 1 unspecified atom stereocenters. The highest BCUT2D eigenvalue weighted by Gasteiger charge is 2.45. The Labute approximate surface area is 263 Å². The highest BCUT2D eigenvalue weighted by molar-refractivity contribution is 7.99. The number of Topliss-reactive ketones (excluding diaryl/α,β-unsaturated/α-hetero) is 1. The van der Waals surface area contributed by atoms with Crippen molar-refractivity contribution in [3.8, 4) is 17.2 Å². The number of carbonyl (C=O) groups is 2. The van der Waals surface area contributed by atoms with Gasteiger partial charge in [0.1, 0.15) is 24.9 Å². The van der Waals surface area contributed by atoms with Crippen LogP contribution in [0.3, 0.4) is 0 Å². The Morgan fingerprint density at radius 1 is 0.932 bits per heavy atom. The first-order valence-electron chi connectivity index (χ1n) is 15.0. The summed E-state index contributed by atoms with van der Waals surface area (Å²) >= 11 is 1.72. The molecule has 0 bridgehead atoms. The molecule has 3 aromatic carbocycles. The van der Waals surface area contributed by atoms with Gasteiger partial charge in [0.25, 0.3) is 0 Å². The van der Waals surface area contributed by atoms with E-state index in [-0.39, 0.29) is 17.7 Å². The van der Waals surface area contributed by atoms with E-state index >= 15 is 0 Å². The number of benzene rings is 3. The first kappa shape index (κ1) is 31.4. The van der Waals surface area contributed by atoms with E-state index in [1.54, 1.807) is 26.0 Å². The lowest BCUT2D eigenvalue weighted by Gasteiger charge is -2.37. The third-order valence-corrected chi connectivity index (χ3v) is 9.05. The number of hydrogen-bond acceptors (Lipinski definition) is 8. The monoisotopic (exact) mass is 613 g/mol. The van der Waals surface area contributed by atoms with Gasteiger partial charge in [0.2, 0.25) is 0 Å². The van der Waals surface area contributed by atoms with Crippen molar-refractivity contribution in [1.29, 1.82) is 0 Å². The third kappa shape index (κ3) is 6.86. The summed E-state index contributed by atoms with van der Waals surface area (Å²) in [4.78, 5) is 32.8. The van der Waals surface area contributed by atoms with Crippen molar-refractivity contribution in [2.24, 2.45) is 10.9 Å². The minimum Gasteiger partial charge on any atom is -0.493 e. The summed E-state index contributed by atoms with van der Waals surface area (Å²) in [6.07, 6.45) is 0.855. The number of hydrogen-bond donors (Lipinski definition) is 0. The van der Waals surface area contributed by atoms with Crippen molar-refractivity contribution < 1.29 is 28.5 Å². The van der Waals surface area contributed by atoms with Gasteiger partial charge < -0.3 is 18.9 Å². The Hall–Kier alpha value is -4.04. The molecule has 1 aliphatic carbocycles. The van der Waals surface area contributed by atoms with Gasteiger partial charge in [-0.15, -0.1) is 0 Å². The predicted octanol–water partition coefficient (Wildman–Crippen LogP) is 7.15. The maximum absolute atomic E-state index is 14.2. The fourth-order valence-corrected chi connectivity index (χ4v) is 6.57. The molecule has 0 radical (unpaired) electrons. The van der Waals surface area contributed by atoms with E-state index in [0.717, 1.165) is 22.4 Å². The van der Waals surface area contributed by atoms with E-state index < -0.39 is 11.8 Å². The van der Waals surface area contributed by atoms with Crippen LogP contribution in [-0.2, 0) is 20.9 Å². The van der Waals surface area contributed by atoms with Crippen molar-refractivity contribution >= 4 is 29.2 Å². The molecule has 1 heterocycles. The maximum Gasteiger partial charge on any atom is 0.315 e. The van der Waals surface area contributed by atoms with E-state index in [2.05, 4.69) is 6.92 Å². The van der Waals surface area contributed by atoms with Crippen LogP contribution >= 0.6 is 11.8 Å². The second-order valence-corrected chi connectivity index (χ2v) is 12.3. The molecule has 7 nitrogen and oxygen atoms in total. The number of carbonyl (C=O) groups excluding carboxylic acids is 2. The number of esters is 1. The molecule has 3 atom stereocenters. The van der Waals surface area contributed by atoms with E-state index in [9.17, 15) is 9.59 Å². The number of allylic oxidation sites excluding steroid dienone is 2. The van der Waals surface area contributed by atoms with Crippen LogP contribution < -0.4 is 14.2 Å². The van der Waals surface area contributed by atoms with Gasteiger partial charge in [-0.1, -0.05) is 61.5 Å². The van der Waals surface area contributed by atoms with Crippen LogP contribution in [0.5, 0.6) is 17.2 Å². The summed E-state index contributed by atoms with van der Waals surface area (Å²) in [5, 5.41) is 0. The van der Waals surface area contributed by atoms with Gasteiger partial charge in [0, 0.05) is 40.6 Å². The number of thioether (sulfide) groups is 1. The molecular formula is C36H39NO6S. The fraction of sp³-hybridized carbons (Fsp3) is 0.361. The first-order valence-corrected chi connectivity index (χ1v) is 16.1. The van der Waals surface area contributed by atoms with Crippen LogP contribution in [0.4, 0.5) is 0 Å². The molecular weight excluding hydrogens is 574 g/mol. The molecule has 0 amide bonds. The van der Waals surface area contributed by atoms with Crippen molar-refractivity contribution in [2.75, 3.05) is 32.3 Å². The maximum atomic E-state index is 14.2. The van der Waals surface area contributed by atoms with Gasteiger partial charge in [-0.2, -0.15) is 11.8 Å². The Kier molecular flexibility index (Phi) is 10.4. The lowest BCUT2D eigenvalue weighted by atomic mass is 9.69. The molecule has 2 aliphatic rings. The fourth-order valence-electron chi connectivity index (χ4n) is 6.08. The molecule has 5 rings (SSSR count). The predicted molar refractivity (Wildman–Crippen MR) is 174 cm³/mol. The molecule has 44 heavy (non-hydrogen) atoms. The van der Waals surface area contributed by atoms with Gasteiger partial charge in [0.15, 0.2) is 17.3 Å². The van der Waals surface area contributed by atoms with E-state index in [0.29, 0.717) is 66.0 Å². The van der Waals surface area contributed by atoms with Gasteiger partial charge >= 0.3 is 5.97 Å². The Bertz CT molecular complexity index is 1550. The zero-order valence-electron chi connectivity index (χ0n) is 25.7. The summed E-state index contributed by atoms with van der Waals surface area (Å²) in [7, 11) is 3.20. The molecule has 8 heteroatoms. The highest BCUT2D eigenvalue weighted by Crippen LogP contribution is 2.49. The number of aliphatic imine (C=N–C) groups is 1. The SMILES string of the molecule is CCSCCOC(=O)C1C(C)=NC2=C(C(=O)C[C@H](c3ccc(OC)c(OC)c3)C2)[C@H]1c1ccccc1OCc1ccccc1. The molecule has 0 saturated carbocycles. The number of methoxy groups -OCH3 is 2. The molecule has 3 aromatic rings. The van der Waals surface area contributed by atoms with E-state index in [4.69, 9.17) is 23.9 Å². The summed E-state index contributed by atoms with van der Waals surface area (Å²) < 4.78 is 23.1. The summed E-state index contributed by atoms with van der Waals surface area (Å²) in [5.74, 6) is 1.77. The molecule has 0 N–H and O–H groups in total. The van der Waals surface area contributed by atoms with Gasteiger partial charge in [-0.3, -0.25) is 14.6 Å². The first-order chi connectivity index (χ1) is 21.4. The zero-order chi connectivity index (χ0) is 31.1. The van der Waals surface area contributed by atoms with E-state index in [1.807, 2.05) is 79.7 Å². The minimum absolute atomic E-state index is 0.0236. The Balaban J connectivity index is 1.53. The lowest BCUT2D eigenvalue weighted by molar-refractivity contribution is -0.145. The molecule has 0 aromatic heterocycles. The Morgan fingerprint density at radius 3 is 2.43 bits per heavy atom. The quantitative estimate of drug-likeness (QED) is 0.158. The van der Waals surface area contributed by atoms with Gasteiger partial charge in [0.05, 0.1) is 14.2 Å². The van der Waals surface area contributed by atoms with Crippen LogP contribution in [0, 0.1) is 5.92 Å². The molecule has 0 saturated heterocycles. The summed E-state index contributed by atoms with van der Waals surface area (Å²) in [5.41, 5.74) is 4.72. The number of nitrogens with zero attached hydrogens (tertiary/aromatic N) is 1. The number of para-hydroxylation sites is 1. The van der Waals surface area contributed by atoms with E-state index in [1.165, 1.54) is 0 Å². The zero-order valence-corrected chi connectivity index (χ0v) is 26.5.